The molecular weight excluding hydrogens is 609 g/mol. The topological polar surface area (TPSA) is 16.8 Å². The zero-order valence-corrected chi connectivity index (χ0v) is 29.4. The van der Waals surface area contributed by atoms with E-state index in [0.717, 1.165) is 17.1 Å². The molecule has 0 spiro atoms. The summed E-state index contributed by atoms with van der Waals surface area (Å²) in [6.07, 6.45) is 8.94. The Morgan fingerprint density at radius 3 is 2.15 bits per heavy atom. The summed E-state index contributed by atoms with van der Waals surface area (Å²) in [7, 11) is 0. The molecule has 1 fully saturated rings. The van der Waals surface area contributed by atoms with Crippen LogP contribution in [0, 0.1) is 13.8 Å². The summed E-state index contributed by atoms with van der Waals surface area (Å²) in [5.74, 6) is 0.985. The number of thioether (sulfide) groups is 2. The molecule has 7 aromatic rings. The second-order valence-electron chi connectivity index (χ2n) is 13.5. The standard InChI is InChI=1S/C22H25NS.C21H16NS/c1-15-7-8-17-10-9-16-11-12-18(22(2)13-5-4-6-14-22)21(24-3)19(16)20(17)23-15;1-14-7-8-17-10-9-16-11-12-18(15-5-3-2-4-6-15)21-19(16)20(17)22(14)13-23-21/h7-12H,4-6,13-14H2,1-3H3;2-12H,13H2,1H3/q;+1. The Kier molecular flexibility index (Phi) is 7.98. The Balaban J connectivity index is 0.000000138. The first-order chi connectivity index (χ1) is 22.9. The first kappa shape index (κ1) is 30.5. The van der Waals surface area contributed by atoms with Gasteiger partial charge in [-0.2, -0.15) is 4.57 Å². The number of aromatic nitrogens is 2. The molecule has 2 aliphatic rings. The fourth-order valence-corrected chi connectivity index (χ4v) is 10.2. The summed E-state index contributed by atoms with van der Waals surface area (Å²) in [5, 5.41) is 7.98. The van der Waals surface area contributed by atoms with E-state index in [1.807, 2.05) is 23.5 Å². The molecule has 1 saturated carbocycles. The van der Waals surface area contributed by atoms with Crippen molar-refractivity contribution in [3.63, 3.8) is 0 Å². The molecule has 0 radical (unpaired) electrons. The van der Waals surface area contributed by atoms with Crippen molar-refractivity contribution in [2.24, 2.45) is 0 Å². The van der Waals surface area contributed by atoms with E-state index in [2.05, 4.69) is 135 Å². The zero-order chi connectivity index (χ0) is 32.1. The predicted octanol–water partition coefficient (Wildman–Crippen LogP) is 12.0. The van der Waals surface area contributed by atoms with Gasteiger partial charge in [0.15, 0.2) is 11.6 Å². The van der Waals surface area contributed by atoms with E-state index in [1.165, 1.54) is 102 Å². The lowest BCUT2D eigenvalue weighted by atomic mass is 9.70. The average Bonchev–Trinajstić information content (AvgIpc) is 3.11. The molecule has 9 rings (SSSR count). The average molecular weight is 650 g/mol. The van der Waals surface area contributed by atoms with Gasteiger partial charge in [-0.05, 0) is 77.1 Å². The summed E-state index contributed by atoms with van der Waals surface area (Å²) in [4.78, 5) is 7.77. The van der Waals surface area contributed by atoms with Crippen LogP contribution in [0.5, 0.6) is 0 Å². The van der Waals surface area contributed by atoms with E-state index in [-0.39, 0.29) is 0 Å². The van der Waals surface area contributed by atoms with E-state index < -0.39 is 0 Å². The van der Waals surface area contributed by atoms with Crippen LogP contribution in [0.15, 0.2) is 113 Å². The molecule has 47 heavy (non-hydrogen) atoms. The molecule has 3 heterocycles. The largest absolute Gasteiger partial charge is 0.252 e. The Hall–Kier alpha value is -3.86. The summed E-state index contributed by atoms with van der Waals surface area (Å²) in [5.41, 5.74) is 9.48. The lowest BCUT2D eigenvalue weighted by Crippen LogP contribution is -2.38. The molecule has 0 unspecified atom stereocenters. The van der Waals surface area contributed by atoms with Crippen molar-refractivity contribution < 1.29 is 4.57 Å². The number of aryl methyl sites for hydroxylation is 2. The van der Waals surface area contributed by atoms with Crippen molar-refractivity contribution in [2.75, 3.05) is 6.26 Å². The lowest BCUT2D eigenvalue weighted by molar-refractivity contribution is -0.655. The van der Waals surface area contributed by atoms with Crippen LogP contribution in [0.2, 0.25) is 0 Å². The number of hydrogen-bond acceptors (Lipinski definition) is 3. The number of fused-ring (bicyclic) bond motifs is 3. The van der Waals surface area contributed by atoms with Crippen molar-refractivity contribution in [1.29, 1.82) is 0 Å². The molecule has 0 N–H and O–H groups in total. The molecule has 0 bridgehead atoms. The maximum atomic E-state index is 4.91. The molecule has 4 heteroatoms. The first-order valence-electron chi connectivity index (χ1n) is 16.9. The highest BCUT2D eigenvalue weighted by molar-refractivity contribution is 7.99. The second kappa shape index (κ2) is 12.3. The minimum Gasteiger partial charge on any atom is -0.252 e. The summed E-state index contributed by atoms with van der Waals surface area (Å²) in [6.45, 7) is 6.76. The monoisotopic (exact) mass is 649 g/mol. The van der Waals surface area contributed by atoms with Gasteiger partial charge in [0.1, 0.15) is 0 Å². The van der Waals surface area contributed by atoms with E-state index in [1.54, 1.807) is 0 Å². The van der Waals surface area contributed by atoms with Gasteiger partial charge in [-0.1, -0.05) is 117 Å². The normalized spacial score (nSPS) is 15.3. The van der Waals surface area contributed by atoms with Gasteiger partial charge in [-0.25, -0.2) is 0 Å². The first-order valence-corrected chi connectivity index (χ1v) is 19.1. The Labute approximate surface area is 286 Å². The van der Waals surface area contributed by atoms with Crippen LogP contribution in [-0.2, 0) is 11.3 Å². The van der Waals surface area contributed by atoms with Crippen LogP contribution in [0.25, 0.3) is 54.5 Å². The van der Waals surface area contributed by atoms with Crippen molar-refractivity contribution in [1.82, 2.24) is 4.98 Å². The minimum absolute atomic E-state index is 0.316. The second-order valence-corrected chi connectivity index (χ2v) is 15.3. The highest BCUT2D eigenvalue weighted by atomic mass is 32.2. The molecule has 5 aromatic carbocycles. The van der Waals surface area contributed by atoms with Crippen LogP contribution in [-0.4, -0.2) is 11.2 Å². The number of nitrogens with zero attached hydrogens (tertiary/aromatic N) is 2. The Bertz CT molecular complexity index is 2300. The number of pyridine rings is 2. The van der Waals surface area contributed by atoms with Gasteiger partial charge in [0.05, 0.1) is 10.9 Å². The molecule has 1 aliphatic heterocycles. The Morgan fingerprint density at radius 1 is 0.702 bits per heavy atom. The van der Waals surface area contributed by atoms with Crippen LogP contribution in [0.3, 0.4) is 0 Å². The quantitative estimate of drug-likeness (QED) is 0.108. The van der Waals surface area contributed by atoms with Crippen LogP contribution in [0.4, 0.5) is 0 Å². The summed E-state index contributed by atoms with van der Waals surface area (Å²) < 4.78 is 2.45. The highest BCUT2D eigenvalue weighted by Crippen LogP contribution is 2.46. The third kappa shape index (κ3) is 5.30. The van der Waals surface area contributed by atoms with Crippen LogP contribution in [0.1, 0.15) is 56.0 Å². The molecule has 0 amide bonds. The molecule has 234 valence electrons. The molecular formula is C43H41N2S2+. The molecule has 2 nitrogen and oxygen atoms in total. The predicted molar refractivity (Wildman–Crippen MR) is 204 cm³/mol. The highest BCUT2D eigenvalue weighted by Gasteiger charge is 2.32. The van der Waals surface area contributed by atoms with Crippen molar-refractivity contribution in [3.05, 3.63) is 120 Å². The fraction of sp³-hybridized carbons (Fsp3) is 0.256. The molecule has 2 aromatic heterocycles. The zero-order valence-electron chi connectivity index (χ0n) is 27.8. The maximum Gasteiger partial charge on any atom is 0.222 e. The lowest BCUT2D eigenvalue weighted by Gasteiger charge is -2.36. The number of rotatable bonds is 3. The maximum absolute atomic E-state index is 4.91. The van der Waals surface area contributed by atoms with Gasteiger partial charge in [0.2, 0.25) is 5.52 Å². The van der Waals surface area contributed by atoms with E-state index in [0.29, 0.717) is 5.41 Å². The minimum atomic E-state index is 0.316. The van der Waals surface area contributed by atoms with Gasteiger partial charge < -0.3 is 0 Å². The van der Waals surface area contributed by atoms with Crippen molar-refractivity contribution >= 4 is 66.9 Å². The van der Waals surface area contributed by atoms with E-state index in [9.17, 15) is 0 Å². The molecule has 0 saturated heterocycles. The molecule has 1 aliphatic carbocycles. The van der Waals surface area contributed by atoms with Gasteiger partial charge >= 0.3 is 0 Å². The van der Waals surface area contributed by atoms with E-state index in [4.69, 9.17) is 4.98 Å². The summed E-state index contributed by atoms with van der Waals surface area (Å²) >= 11 is 3.85. The van der Waals surface area contributed by atoms with Gasteiger partial charge in [0, 0.05) is 44.6 Å². The molecule has 0 atom stereocenters. The van der Waals surface area contributed by atoms with Crippen molar-refractivity contribution in [2.45, 2.75) is 74.0 Å². The van der Waals surface area contributed by atoms with Crippen molar-refractivity contribution in [3.8, 4) is 11.1 Å². The number of hydrogen-bond donors (Lipinski definition) is 0. The third-order valence-corrected chi connectivity index (χ3v) is 12.4. The smallest absolute Gasteiger partial charge is 0.222 e. The SMILES string of the molecule is CSc1c(C2(C)CCCCC2)ccc2ccc3ccc(C)nc3c12.Cc1ccc2ccc3ccc(-c4ccccc4)c4c3c2[n+]1CS4. The van der Waals surface area contributed by atoms with Gasteiger partial charge in [-0.15, -0.1) is 11.8 Å². The van der Waals surface area contributed by atoms with Gasteiger partial charge in [0.25, 0.3) is 0 Å². The summed E-state index contributed by atoms with van der Waals surface area (Å²) in [6, 6.07) is 37.7. The fourth-order valence-electron chi connectivity index (χ4n) is 7.93. The number of benzene rings is 5. The van der Waals surface area contributed by atoms with E-state index >= 15 is 0 Å². The Morgan fingerprint density at radius 2 is 1.36 bits per heavy atom. The van der Waals surface area contributed by atoms with Crippen LogP contribution >= 0.6 is 23.5 Å². The van der Waals surface area contributed by atoms with Gasteiger partial charge in [-0.3, -0.25) is 4.98 Å². The van der Waals surface area contributed by atoms with Crippen LogP contribution < -0.4 is 4.57 Å². The third-order valence-electron chi connectivity index (χ3n) is 10.5.